The number of quaternary nitrogens is 1. The summed E-state index contributed by atoms with van der Waals surface area (Å²) in [5.74, 6) is 2.04. The number of aromatic nitrogens is 1. The van der Waals surface area contributed by atoms with Gasteiger partial charge in [-0.1, -0.05) is 6.07 Å². The van der Waals surface area contributed by atoms with Crippen LogP contribution >= 0.6 is 0 Å². The Morgan fingerprint density at radius 3 is 2.66 bits per heavy atom. The number of ether oxygens (including phenoxy) is 2. The van der Waals surface area contributed by atoms with Crippen LogP contribution in [0.1, 0.15) is 22.5 Å². The Bertz CT molecular complexity index is 1780. The molecule has 228 valence electrons. The molecule has 6 rings (SSSR count). The molecule has 4 heterocycles. The first-order valence-electron chi connectivity index (χ1n) is 14.6. The number of hydrogen-bond acceptors (Lipinski definition) is 7. The number of carbonyl (C=O) groups excluding carboxylic acids is 2. The number of methoxy groups -OCH3 is 2. The Balaban J connectivity index is 1.28. The van der Waals surface area contributed by atoms with Gasteiger partial charge in [0.25, 0.3) is 5.91 Å². The molecule has 0 radical (unpaired) electrons. The Labute approximate surface area is 257 Å². The van der Waals surface area contributed by atoms with Gasteiger partial charge in [0.05, 0.1) is 57.0 Å². The summed E-state index contributed by atoms with van der Waals surface area (Å²) in [7, 11) is 11.0. The van der Waals surface area contributed by atoms with Crippen molar-refractivity contribution >= 4 is 40.5 Å². The minimum atomic E-state index is -0.259. The number of nitrogens with zero attached hydrogens (tertiary/aromatic N) is 6. The van der Waals surface area contributed by atoms with Gasteiger partial charge in [-0.3, -0.25) is 14.6 Å². The average Bonchev–Trinajstić information content (AvgIpc) is 3.71. The van der Waals surface area contributed by atoms with Gasteiger partial charge in [0, 0.05) is 31.4 Å². The number of anilines is 1. The van der Waals surface area contributed by atoms with Crippen molar-refractivity contribution < 1.29 is 23.5 Å². The van der Waals surface area contributed by atoms with Gasteiger partial charge in [-0.25, -0.2) is 4.48 Å². The minimum Gasteiger partial charge on any atom is -0.496 e. The molecule has 2 unspecified atom stereocenters. The summed E-state index contributed by atoms with van der Waals surface area (Å²) < 4.78 is 13.5. The molecular weight excluding hydrogens is 558 g/mol. The fraction of sp³-hybridized carbons (Fsp3) is 0.333. The third kappa shape index (κ3) is 4.97. The molecule has 0 bridgehead atoms. The van der Waals surface area contributed by atoms with Crippen LogP contribution in [0.25, 0.3) is 10.9 Å². The third-order valence-electron chi connectivity index (χ3n) is 8.66. The second-order valence-electron chi connectivity index (χ2n) is 11.8. The standard InChI is InChI=1S/C33H37N7O4/c1-37(2)20-30(41)39-14-12-22(19-39)31-27-18-34-13-15-40(27,4)32(36-31)21-10-11-24(29(16-21)44-6)35-33(42)26-17-23-25(38(26)3)8-7-9-28(23)43-5/h7-11,13,15-18,22H,12,14,19-20H2,1-6H3/p+1. The predicted octanol–water partition coefficient (Wildman–Crippen LogP) is 3.83. The summed E-state index contributed by atoms with van der Waals surface area (Å²) in [6.45, 7) is 1.73. The predicted molar refractivity (Wildman–Crippen MR) is 171 cm³/mol. The molecule has 1 saturated heterocycles. The number of allylic oxidation sites excluding steroid dienone is 1. The van der Waals surface area contributed by atoms with Gasteiger partial charge in [-0.05, 0) is 56.9 Å². The number of hydrogen-bond donors (Lipinski definition) is 1. The number of likely N-dealkylation sites (N-methyl/N-ethyl adjacent to an activating group) is 1. The van der Waals surface area contributed by atoms with Crippen LogP contribution in [0.15, 0.2) is 76.2 Å². The Kier molecular flexibility index (Phi) is 7.60. The highest BCUT2D eigenvalue weighted by Crippen LogP contribution is 2.40. The van der Waals surface area contributed by atoms with E-state index in [-0.39, 0.29) is 17.7 Å². The molecule has 44 heavy (non-hydrogen) atoms. The smallest absolute Gasteiger partial charge is 0.272 e. The number of fused-ring (bicyclic) bond motifs is 2. The van der Waals surface area contributed by atoms with Crippen molar-refractivity contribution in [1.82, 2.24) is 14.4 Å². The van der Waals surface area contributed by atoms with Crippen molar-refractivity contribution in [2.75, 3.05) is 60.3 Å². The Morgan fingerprint density at radius 1 is 1.11 bits per heavy atom. The zero-order valence-electron chi connectivity index (χ0n) is 26.0. The maximum Gasteiger partial charge on any atom is 0.272 e. The number of likely N-dealkylation sites (tertiary alicyclic amines) is 1. The van der Waals surface area contributed by atoms with Gasteiger partial charge in [0.2, 0.25) is 11.7 Å². The number of amidine groups is 1. The van der Waals surface area contributed by atoms with Crippen LogP contribution < -0.4 is 14.8 Å². The Hall–Kier alpha value is -4.74. The van der Waals surface area contributed by atoms with E-state index in [9.17, 15) is 9.59 Å². The van der Waals surface area contributed by atoms with Crippen LogP contribution in [0.3, 0.4) is 0 Å². The van der Waals surface area contributed by atoms with Crippen LogP contribution in [0, 0.1) is 5.92 Å². The molecular formula is C33H38N7O4+. The lowest BCUT2D eigenvalue weighted by Crippen LogP contribution is -2.43. The molecule has 0 spiro atoms. The summed E-state index contributed by atoms with van der Waals surface area (Å²) in [6, 6.07) is 13.3. The summed E-state index contributed by atoms with van der Waals surface area (Å²) in [4.78, 5) is 39.7. The lowest BCUT2D eigenvalue weighted by molar-refractivity contribution is -0.713. The SMILES string of the molecule is COc1cc(C2=NC(C3CCN(C(=O)CN(C)C)C3)=C3C=NC=C[N+]23C)ccc1NC(=O)c1cc2c(OC)cccc2n1C. The molecule has 2 aromatic carbocycles. The highest BCUT2D eigenvalue weighted by atomic mass is 16.5. The van der Waals surface area contributed by atoms with Crippen LogP contribution in [-0.2, 0) is 11.8 Å². The van der Waals surface area contributed by atoms with E-state index in [1.165, 1.54) is 0 Å². The van der Waals surface area contributed by atoms with Gasteiger partial charge in [-0.2, -0.15) is 4.99 Å². The maximum absolute atomic E-state index is 13.5. The van der Waals surface area contributed by atoms with Gasteiger partial charge in [0.15, 0.2) is 5.70 Å². The van der Waals surface area contributed by atoms with Crippen molar-refractivity contribution in [3.63, 3.8) is 0 Å². The van der Waals surface area contributed by atoms with Crippen molar-refractivity contribution in [1.29, 1.82) is 0 Å². The first-order valence-corrected chi connectivity index (χ1v) is 14.6. The number of rotatable bonds is 8. The number of carbonyl (C=O) groups is 2. The quantitative estimate of drug-likeness (QED) is 0.399. The monoisotopic (exact) mass is 596 g/mol. The lowest BCUT2D eigenvalue weighted by Gasteiger charge is -2.28. The van der Waals surface area contributed by atoms with Crippen LogP contribution in [0.2, 0.25) is 0 Å². The van der Waals surface area contributed by atoms with E-state index in [1.54, 1.807) is 20.4 Å². The number of benzene rings is 2. The first kappa shape index (κ1) is 29.3. The zero-order chi connectivity index (χ0) is 31.2. The van der Waals surface area contributed by atoms with E-state index in [0.717, 1.165) is 40.1 Å². The molecule has 1 fully saturated rings. The number of aliphatic imine (C=N–C) groups is 2. The van der Waals surface area contributed by atoms with E-state index in [2.05, 4.69) is 17.4 Å². The highest BCUT2D eigenvalue weighted by molar-refractivity contribution is 6.08. The molecule has 3 aliphatic rings. The Morgan fingerprint density at radius 2 is 1.91 bits per heavy atom. The molecule has 2 amide bonds. The van der Waals surface area contributed by atoms with E-state index in [0.29, 0.717) is 47.0 Å². The van der Waals surface area contributed by atoms with Crippen LogP contribution in [0.5, 0.6) is 11.5 Å². The molecule has 1 aromatic heterocycles. The first-order chi connectivity index (χ1) is 21.1. The van der Waals surface area contributed by atoms with Crippen LogP contribution in [-0.4, -0.2) is 97.7 Å². The molecule has 1 N–H and O–H groups in total. The molecule has 3 aliphatic heterocycles. The number of amides is 2. The molecule has 0 aliphatic carbocycles. The van der Waals surface area contributed by atoms with E-state index in [4.69, 9.17) is 14.5 Å². The topological polar surface area (TPSA) is 101 Å². The van der Waals surface area contributed by atoms with Crippen LogP contribution in [0.4, 0.5) is 5.69 Å². The molecule has 2 atom stereocenters. The molecule has 11 heteroatoms. The second kappa shape index (κ2) is 11.4. The van der Waals surface area contributed by atoms with Gasteiger partial charge in [0.1, 0.15) is 29.1 Å². The normalized spacial score (nSPS) is 20.8. The summed E-state index contributed by atoms with van der Waals surface area (Å²) >= 11 is 0. The van der Waals surface area contributed by atoms with Gasteiger partial charge >= 0.3 is 0 Å². The summed E-state index contributed by atoms with van der Waals surface area (Å²) in [6.07, 6.45) is 6.53. The fourth-order valence-electron chi connectivity index (χ4n) is 6.31. The molecule has 11 nitrogen and oxygen atoms in total. The zero-order valence-corrected chi connectivity index (χ0v) is 26.0. The van der Waals surface area contributed by atoms with E-state index in [1.807, 2.05) is 90.4 Å². The third-order valence-corrected chi connectivity index (χ3v) is 8.66. The summed E-state index contributed by atoms with van der Waals surface area (Å²) in [5, 5.41) is 3.89. The van der Waals surface area contributed by atoms with Crippen molar-refractivity contribution in [3.8, 4) is 11.5 Å². The molecule has 3 aromatic rings. The largest absolute Gasteiger partial charge is 0.496 e. The summed E-state index contributed by atoms with van der Waals surface area (Å²) in [5.41, 5.74) is 4.77. The van der Waals surface area contributed by atoms with Crippen molar-refractivity contribution in [2.24, 2.45) is 23.0 Å². The second-order valence-corrected chi connectivity index (χ2v) is 11.8. The van der Waals surface area contributed by atoms with Gasteiger partial charge < -0.3 is 29.2 Å². The molecule has 0 saturated carbocycles. The fourth-order valence-corrected chi connectivity index (χ4v) is 6.31. The minimum absolute atomic E-state index is 0.115. The highest BCUT2D eigenvalue weighted by Gasteiger charge is 2.46. The van der Waals surface area contributed by atoms with Crippen molar-refractivity contribution in [2.45, 2.75) is 6.42 Å². The van der Waals surface area contributed by atoms with E-state index < -0.39 is 0 Å². The number of aryl methyl sites for hydroxylation is 1. The average molecular weight is 597 g/mol. The van der Waals surface area contributed by atoms with E-state index >= 15 is 0 Å². The number of nitrogens with one attached hydrogen (secondary N) is 1. The van der Waals surface area contributed by atoms with Gasteiger partial charge in [-0.15, -0.1) is 0 Å². The van der Waals surface area contributed by atoms with Crippen molar-refractivity contribution in [3.05, 3.63) is 77.5 Å². The maximum atomic E-state index is 13.5. The lowest BCUT2D eigenvalue weighted by atomic mass is 10.0.